The molecule has 0 aromatic carbocycles. The Kier molecular flexibility index (Phi) is 9.22. The van der Waals surface area contributed by atoms with Gasteiger partial charge in [0.05, 0.1) is 11.9 Å². The third-order valence-corrected chi connectivity index (χ3v) is 6.70. The summed E-state index contributed by atoms with van der Waals surface area (Å²) in [5.41, 5.74) is -2.57. The summed E-state index contributed by atoms with van der Waals surface area (Å²) in [4.78, 5) is 29.6. The smallest absolute Gasteiger partial charge is 0.355 e. The number of aromatic nitrogens is 5. The molecule has 2 aliphatic rings. The first kappa shape index (κ1) is 31.0. The zero-order chi connectivity index (χ0) is 29.9. The number of nitrogens with zero attached hydrogens (tertiary/aromatic N) is 6. The number of aryl methyl sites for hydroxylation is 1. The lowest BCUT2D eigenvalue weighted by Gasteiger charge is -2.21. The van der Waals surface area contributed by atoms with Crippen molar-refractivity contribution in [2.24, 2.45) is 7.05 Å². The Morgan fingerprint density at radius 1 is 1.10 bits per heavy atom. The van der Waals surface area contributed by atoms with Crippen molar-refractivity contribution in [3.05, 3.63) is 35.9 Å². The van der Waals surface area contributed by atoms with Gasteiger partial charge in [-0.15, -0.1) is 0 Å². The zero-order valence-electron chi connectivity index (χ0n) is 23.6. The van der Waals surface area contributed by atoms with E-state index in [0.29, 0.717) is 5.82 Å². The van der Waals surface area contributed by atoms with Crippen molar-refractivity contribution in [3.63, 3.8) is 0 Å². The second kappa shape index (κ2) is 11.9. The molecule has 1 aliphatic carbocycles. The minimum Gasteiger partial charge on any atom is -0.355 e. The number of ketones is 1. The average Bonchev–Trinajstić information content (AvgIpc) is 3.43. The second-order valence-electron chi connectivity index (χ2n) is 10.1. The second-order valence-corrected chi connectivity index (χ2v) is 10.1. The molecule has 5 rings (SSSR count). The van der Waals surface area contributed by atoms with E-state index < -0.39 is 34.9 Å². The third kappa shape index (κ3) is 7.34. The van der Waals surface area contributed by atoms with Crippen LogP contribution in [0.1, 0.15) is 69.9 Å². The molecule has 0 atom stereocenters. The van der Waals surface area contributed by atoms with E-state index in [9.17, 15) is 27.2 Å². The molecule has 0 bridgehead atoms. The predicted molar refractivity (Wildman–Crippen MR) is 143 cm³/mol. The summed E-state index contributed by atoms with van der Waals surface area (Å²) in [6.45, 7) is 10.2. The van der Waals surface area contributed by atoms with Crippen LogP contribution in [0.3, 0.4) is 0 Å². The molecular formula is C26H36F4N8O2. The van der Waals surface area contributed by atoms with E-state index in [0.717, 1.165) is 36.9 Å². The number of amides is 1. The molecule has 1 saturated carbocycles. The van der Waals surface area contributed by atoms with E-state index in [1.54, 1.807) is 6.20 Å². The van der Waals surface area contributed by atoms with Crippen LogP contribution in [0.15, 0.2) is 24.7 Å². The first-order valence-electron chi connectivity index (χ1n) is 13.2. The van der Waals surface area contributed by atoms with E-state index in [-0.39, 0.29) is 16.7 Å². The van der Waals surface area contributed by atoms with Crippen molar-refractivity contribution >= 4 is 28.8 Å². The number of anilines is 2. The molecule has 40 heavy (non-hydrogen) atoms. The number of fused-ring (bicyclic) bond motifs is 1. The van der Waals surface area contributed by atoms with E-state index in [1.165, 1.54) is 51.4 Å². The first-order valence-corrected chi connectivity index (χ1v) is 13.2. The van der Waals surface area contributed by atoms with Gasteiger partial charge in [-0.3, -0.25) is 14.3 Å². The molecule has 220 valence electrons. The van der Waals surface area contributed by atoms with Crippen molar-refractivity contribution in [1.82, 2.24) is 29.7 Å². The lowest BCUT2D eigenvalue weighted by molar-refractivity contribution is -0.140. The summed E-state index contributed by atoms with van der Waals surface area (Å²) in [7, 11) is 1.36. The SMILES string of the molecule is CC.CC(=O)C(C)(C)F.Cn1cc(NC(=O)c2cnn3ccc(N4CCNC5(CC4)CC5)nc23)c(C(F)(F)F)n1. The molecule has 1 saturated heterocycles. The molecule has 1 spiro atoms. The summed E-state index contributed by atoms with van der Waals surface area (Å²) in [6, 6.07) is 1.83. The lowest BCUT2D eigenvalue weighted by atomic mass is 10.1. The van der Waals surface area contributed by atoms with Gasteiger partial charge in [0.25, 0.3) is 5.91 Å². The Balaban J connectivity index is 0.000000430. The highest BCUT2D eigenvalue weighted by atomic mass is 19.4. The molecule has 2 fully saturated rings. The number of hydrogen-bond donors (Lipinski definition) is 2. The van der Waals surface area contributed by atoms with Crippen LogP contribution in [0.5, 0.6) is 0 Å². The minimum absolute atomic E-state index is 0.0884. The molecule has 0 unspecified atom stereocenters. The molecular weight excluding hydrogens is 532 g/mol. The van der Waals surface area contributed by atoms with Gasteiger partial charge in [0.2, 0.25) is 0 Å². The van der Waals surface area contributed by atoms with Crippen LogP contribution in [0.2, 0.25) is 0 Å². The quantitative estimate of drug-likeness (QED) is 0.449. The molecule has 10 nitrogen and oxygen atoms in total. The summed E-state index contributed by atoms with van der Waals surface area (Å²) < 4.78 is 54.2. The van der Waals surface area contributed by atoms with E-state index >= 15 is 0 Å². The van der Waals surface area contributed by atoms with Gasteiger partial charge >= 0.3 is 6.18 Å². The molecule has 2 N–H and O–H groups in total. The van der Waals surface area contributed by atoms with Crippen LogP contribution in [-0.2, 0) is 18.0 Å². The van der Waals surface area contributed by atoms with Gasteiger partial charge in [-0.2, -0.15) is 23.4 Å². The number of hydrogen-bond acceptors (Lipinski definition) is 7. The van der Waals surface area contributed by atoms with Crippen molar-refractivity contribution in [2.75, 3.05) is 29.9 Å². The highest BCUT2D eigenvalue weighted by Gasteiger charge is 2.43. The Labute approximate surface area is 230 Å². The number of alkyl halides is 4. The monoisotopic (exact) mass is 568 g/mol. The van der Waals surface area contributed by atoms with Gasteiger partial charge in [0.15, 0.2) is 22.8 Å². The maximum absolute atomic E-state index is 13.2. The van der Waals surface area contributed by atoms with Gasteiger partial charge in [0.1, 0.15) is 11.4 Å². The average molecular weight is 569 g/mol. The maximum atomic E-state index is 13.2. The van der Waals surface area contributed by atoms with Crippen molar-refractivity contribution in [1.29, 1.82) is 0 Å². The van der Waals surface area contributed by atoms with Crippen LogP contribution in [0.25, 0.3) is 5.65 Å². The molecule has 14 heteroatoms. The van der Waals surface area contributed by atoms with E-state index in [2.05, 4.69) is 30.7 Å². The summed E-state index contributed by atoms with van der Waals surface area (Å²) in [6.07, 6.45) is 2.83. The molecule has 4 heterocycles. The predicted octanol–water partition coefficient (Wildman–Crippen LogP) is 4.42. The van der Waals surface area contributed by atoms with Crippen molar-refractivity contribution in [2.45, 2.75) is 71.3 Å². The minimum atomic E-state index is -4.68. The van der Waals surface area contributed by atoms with Gasteiger partial charge in [-0.25, -0.2) is 13.9 Å². The Morgan fingerprint density at radius 3 is 2.33 bits per heavy atom. The molecule has 0 radical (unpaired) electrons. The van der Waals surface area contributed by atoms with Crippen LogP contribution in [-0.4, -0.2) is 66.9 Å². The highest BCUT2D eigenvalue weighted by Crippen LogP contribution is 2.40. The van der Waals surface area contributed by atoms with Crippen LogP contribution >= 0.6 is 0 Å². The van der Waals surface area contributed by atoms with Crippen LogP contribution in [0.4, 0.5) is 29.1 Å². The van der Waals surface area contributed by atoms with Gasteiger partial charge < -0.3 is 15.5 Å². The topological polar surface area (TPSA) is 109 Å². The fraction of sp³-hybridized carbons (Fsp3) is 0.577. The standard InChI is InChI=1S/C19H21F3N8O.C5H9FO.C2H6/c1-28-11-13(15(27-28)19(20,21)22)25-17(31)12-10-24-30-7-2-14(26-16(12)30)29-8-5-18(3-4-18)23-6-9-29;1-4(7)5(2,3)6;1-2/h2,7,10-11,23H,3-6,8-9H2,1H3,(H,25,31);1-3H3;1-2H3. The number of carbonyl (C=O) groups is 2. The van der Waals surface area contributed by atoms with Crippen LogP contribution in [0, 0.1) is 0 Å². The fourth-order valence-electron chi connectivity index (χ4n) is 3.99. The number of nitrogens with one attached hydrogen (secondary N) is 2. The van der Waals surface area contributed by atoms with E-state index in [1.807, 2.05) is 19.9 Å². The molecule has 3 aromatic heterocycles. The lowest BCUT2D eigenvalue weighted by Crippen LogP contribution is -2.32. The highest BCUT2D eigenvalue weighted by molar-refractivity contribution is 6.08. The summed E-state index contributed by atoms with van der Waals surface area (Å²) >= 11 is 0. The molecule has 1 aliphatic heterocycles. The van der Waals surface area contributed by atoms with Gasteiger partial charge in [-0.1, -0.05) is 13.8 Å². The number of carbonyl (C=O) groups excluding carboxylic acids is 2. The van der Waals surface area contributed by atoms with Gasteiger partial charge in [0, 0.05) is 44.6 Å². The number of Topliss-reactive ketones (excluding diaryl/α,β-unsaturated/α-hetero) is 1. The van der Waals surface area contributed by atoms with E-state index in [4.69, 9.17) is 0 Å². The largest absolute Gasteiger partial charge is 0.437 e. The molecule has 3 aromatic rings. The summed E-state index contributed by atoms with van der Waals surface area (Å²) in [5, 5.41) is 13.4. The fourth-order valence-corrected chi connectivity index (χ4v) is 3.99. The van der Waals surface area contributed by atoms with Crippen molar-refractivity contribution < 1.29 is 27.2 Å². The maximum Gasteiger partial charge on any atom is 0.437 e. The zero-order valence-corrected chi connectivity index (χ0v) is 23.6. The van der Waals surface area contributed by atoms with Crippen molar-refractivity contribution in [3.8, 4) is 0 Å². The Hall–Kier alpha value is -3.55. The number of rotatable bonds is 4. The Bertz CT molecular complexity index is 1340. The van der Waals surface area contributed by atoms with Crippen LogP contribution < -0.4 is 15.5 Å². The number of halogens is 4. The first-order chi connectivity index (χ1) is 18.7. The third-order valence-electron chi connectivity index (χ3n) is 6.70. The summed E-state index contributed by atoms with van der Waals surface area (Å²) in [5.74, 6) is -0.445. The van der Waals surface area contributed by atoms with Gasteiger partial charge in [-0.05, 0) is 46.1 Å². The Morgan fingerprint density at radius 2 is 1.75 bits per heavy atom. The normalized spacial score (nSPS) is 16.4. The molecule has 1 amide bonds.